The summed E-state index contributed by atoms with van der Waals surface area (Å²) in [5.41, 5.74) is 3.32. The lowest BCUT2D eigenvalue weighted by Gasteiger charge is -2.19. The minimum Gasteiger partial charge on any atom is -0.464 e. The smallest absolute Gasteiger partial charge is 0.137 e. The summed E-state index contributed by atoms with van der Waals surface area (Å²) < 4.78 is 11.1. The summed E-state index contributed by atoms with van der Waals surface area (Å²) in [4.78, 5) is 2.42. The Bertz CT molecular complexity index is 727. The van der Waals surface area contributed by atoms with Crippen LogP contribution in [0.15, 0.2) is 51.7 Å². The normalized spacial score (nSPS) is 19.9. The molecule has 3 nitrogen and oxygen atoms in total. The largest absolute Gasteiger partial charge is 0.464 e. The second-order valence-corrected chi connectivity index (χ2v) is 5.52. The highest BCUT2D eigenvalue weighted by atomic mass is 16.3. The van der Waals surface area contributed by atoms with Gasteiger partial charge in [0.1, 0.15) is 17.6 Å². The van der Waals surface area contributed by atoms with Gasteiger partial charge in [-0.3, -0.25) is 4.90 Å². The molecule has 0 N–H and O–H groups in total. The molecule has 1 atom stereocenters. The van der Waals surface area contributed by atoms with Crippen molar-refractivity contribution < 1.29 is 8.83 Å². The number of rotatable bonds is 2. The molecule has 3 heteroatoms. The number of fused-ring (bicyclic) bond motifs is 1. The van der Waals surface area contributed by atoms with Crippen molar-refractivity contribution in [3.05, 3.63) is 48.4 Å². The summed E-state index contributed by atoms with van der Waals surface area (Å²) in [6.45, 7) is 1.18. The quantitative estimate of drug-likeness (QED) is 0.686. The Hall–Kier alpha value is -2.00. The molecule has 1 aromatic carbocycles. The first kappa shape index (κ1) is 11.8. The van der Waals surface area contributed by atoms with Gasteiger partial charge in [-0.25, -0.2) is 0 Å². The Labute approximate surface area is 117 Å². The van der Waals surface area contributed by atoms with E-state index in [4.69, 9.17) is 8.83 Å². The van der Waals surface area contributed by atoms with E-state index in [0.29, 0.717) is 6.04 Å². The van der Waals surface area contributed by atoms with Crippen LogP contribution in [0.3, 0.4) is 0 Å². The van der Waals surface area contributed by atoms with Crippen LogP contribution >= 0.6 is 0 Å². The molecule has 0 saturated carbocycles. The summed E-state index contributed by atoms with van der Waals surface area (Å²) in [5.74, 6) is 0.862. The van der Waals surface area contributed by atoms with Gasteiger partial charge in [0.15, 0.2) is 0 Å². The van der Waals surface area contributed by atoms with Crippen LogP contribution in [0, 0.1) is 0 Å². The number of benzene rings is 1. The molecule has 0 amide bonds. The van der Waals surface area contributed by atoms with Gasteiger partial charge in [0.2, 0.25) is 0 Å². The molecule has 1 aliphatic rings. The molecule has 0 bridgehead atoms. The van der Waals surface area contributed by atoms with E-state index >= 15 is 0 Å². The average molecular weight is 267 g/mol. The molecule has 3 heterocycles. The third-order valence-corrected chi connectivity index (χ3v) is 4.29. The Morgan fingerprint density at radius 3 is 2.90 bits per heavy atom. The Morgan fingerprint density at radius 1 is 1.20 bits per heavy atom. The third kappa shape index (κ3) is 1.78. The SMILES string of the molecule is CN1CCC[C@H]1c1ccc2occ(-c3ccco3)c2c1. The van der Waals surface area contributed by atoms with Gasteiger partial charge in [-0.05, 0) is 56.3 Å². The van der Waals surface area contributed by atoms with Crippen molar-refractivity contribution in [2.45, 2.75) is 18.9 Å². The van der Waals surface area contributed by atoms with Crippen molar-refractivity contribution in [2.75, 3.05) is 13.6 Å². The number of hydrogen-bond donors (Lipinski definition) is 0. The highest BCUT2D eigenvalue weighted by Gasteiger charge is 2.23. The Kier molecular flexibility index (Phi) is 2.67. The molecule has 1 fully saturated rings. The van der Waals surface area contributed by atoms with E-state index in [-0.39, 0.29) is 0 Å². The molecule has 4 rings (SSSR count). The molecule has 2 aromatic heterocycles. The molecule has 20 heavy (non-hydrogen) atoms. The van der Waals surface area contributed by atoms with Gasteiger partial charge in [0, 0.05) is 11.4 Å². The van der Waals surface area contributed by atoms with E-state index in [1.165, 1.54) is 24.9 Å². The maximum atomic E-state index is 5.64. The molecule has 1 saturated heterocycles. The lowest BCUT2D eigenvalue weighted by atomic mass is 10.0. The number of likely N-dealkylation sites (tertiary alicyclic amines) is 1. The first-order valence-electron chi connectivity index (χ1n) is 7.08. The van der Waals surface area contributed by atoms with E-state index in [1.807, 2.05) is 12.1 Å². The highest BCUT2D eigenvalue weighted by Crippen LogP contribution is 2.36. The number of hydrogen-bond acceptors (Lipinski definition) is 3. The number of furan rings is 2. The van der Waals surface area contributed by atoms with E-state index in [2.05, 4.69) is 30.1 Å². The minimum absolute atomic E-state index is 0.527. The van der Waals surface area contributed by atoms with Crippen LogP contribution in [0.5, 0.6) is 0 Å². The number of nitrogens with zero attached hydrogens (tertiary/aromatic N) is 1. The standard InChI is InChI=1S/C17H17NO2/c1-18-8-2-4-15(18)12-6-7-17-13(10-12)14(11-20-17)16-5-3-9-19-16/h3,5-7,9-11,15H,2,4,8H2,1H3/t15-/m0/s1. The van der Waals surface area contributed by atoms with Gasteiger partial charge in [-0.2, -0.15) is 0 Å². The average Bonchev–Trinajstić information content (AvgIpc) is 3.17. The van der Waals surface area contributed by atoms with Crippen LogP contribution in [0.25, 0.3) is 22.3 Å². The van der Waals surface area contributed by atoms with Crippen LogP contribution in [-0.2, 0) is 0 Å². The molecular weight excluding hydrogens is 250 g/mol. The van der Waals surface area contributed by atoms with E-state index < -0.39 is 0 Å². The third-order valence-electron chi connectivity index (χ3n) is 4.29. The predicted molar refractivity (Wildman–Crippen MR) is 78.5 cm³/mol. The molecule has 0 radical (unpaired) electrons. The van der Waals surface area contributed by atoms with Gasteiger partial charge in [-0.15, -0.1) is 0 Å². The fourth-order valence-corrected chi connectivity index (χ4v) is 3.21. The molecule has 102 valence electrons. The van der Waals surface area contributed by atoms with Crippen molar-refractivity contribution in [1.29, 1.82) is 0 Å². The molecule has 3 aromatic rings. The van der Waals surface area contributed by atoms with Crippen molar-refractivity contribution in [3.8, 4) is 11.3 Å². The van der Waals surface area contributed by atoms with Gasteiger partial charge >= 0.3 is 0 Å². The van der Waals surface area contributed by atoms with E-state index in [1.54, 1.807) is 12.5 Å². The molecular formula is C17H17NO2. The fourth-order valence-electron chi connectivity index (χ4n) is 3.21. The van der Waals surface area contributed by atoms with Gasteiger partial charge in [0.25, 0.3) is 0 Å². The van der Waals surface area contributed by atoms with Gasteiger partial charge in [-0.1, -0.05) is 6.07 Å². The first-order chi connectivity index (χ1) is 9.83. The highest BCUT2D eigenvalue weighted by molar-refractivity contribution is 5.93. The molecule has 0 aliphatic carbocycles. The monoisotopic (exact) mass is 267 g/mol. The summed E-state index contributed by atoms with van der Waals surface area (Å²) >= 11 is 0. The van der Waals surface area contributed by atoms with Gasteiger partial charge < -0.3 is 8.83 Å². The van der Waals surface area contributed by atoms with Crippen LogP contribution < -0.4 is 0 Å². The van der Waals surface area contributed by atoms with Crippen molar-refractivity contribution in [2.24, 2.45) is 0 Å². The van der Waals surface area contributed by atoms with Gasteiger partial charge in [0.05, 0.1) is 11.8 Å². The topological polar surface area (TPSA) is 29.5 Å². The van der Waals surface area contributed by atoms with Crippen LogP contribution in [0.4, 0.5) is 0 Å². The summed E-state index contributed by atoms with van der Waals surface area (Å²) in [5, 5.41) is 1.14. The second kappa shape index (κ2) is 4.53. The van der Waals surface area contributed by atoms with Crippen molar-refractivity contribution >= 4 is 11.0 Å². The fraction of sp³-hybridized carbons (Fsp3) is 0.294. The zero-order valence-corrected chi connectivity index (χ0v) is 11.5. The molecule has 0 unspecified atom stereocenters. The van der Waals surface area contributed by atoms with Crippen molar-refractivity contribution in [3.63, 3.8) is 0 Å². The predicted octanol–water partition coefficient (Wildman–Crippen LogP) is 4.46. The van der Waals surface area contributed by atoms with Crippen LogP contribution in [0.1, 0.15) is 24.4 Å². The van der Waals surface area contributed by atoms with Crippen LogP contribution in [-0.4, -0.2) is 18.5 Å². The van der Waals surface area contributed by atoms with E-state index in [9.17, 15) is 0 Å². The second-order valence-electron chi connectivity index (χ2n) is 5.52. The Morgan fingerprint density at radius 2 is 2.15 bits per heavy atom. The first-order valence-corrected chi connectivity index (χ1v) is 7.08. The molecule has 0 spiro atoms. The lowest BCUT2D eigenvalue weighted by molar-refractivity contribution is 0.317. The van der Waals surface area contributed by atoms with Crippen molar-refractivity contribution in [1.82, 2.24) is 4.90 Å². The van der Waals surface area contributed by atoms with E-state index in [0.717, 1.165) is 22.3 Å². The molecule has 1 aliphatic heterocycles. The summed E-state index contributed by atoms with van der Waals surface area (Å²) in [6.07, 6.45) is 5.99. The Balaban J connectivity index is 1.83. The zero-order valence-electron chi connectivity index (χ0n) is 11.5. The maximum absolute atomic E-state index is 5.64. The maximum Gasteiger partial charge on any atom is 0.137 e. The zero-order chi connectivity index (χ0) is 13.5. The summed E-state index contributed by atoms with van der Waals surface area (Å²) in [7, 11) is 2.20. The lowest BCUT2D eigenvalue weighted by Crippen LogP contribution is -2.17. The summed E-state index contributed by atoms with van der Waals surface area (Å²) in [6, 6.07) is 10.9. The van der Waals surface area contributed by atoms with Crippen LogP contribution in [0.2, 0.25) is 0 Å². The minimum atomic E-state index is 0.527.